The Hall–Kier alpha value is -2.81. The van der Waals surface area contributed by atoms with E-state index < -0.39 is 0 Å². The first kappa shape index (κ1) is 22.5. The summed E-state index contributed by atoms with van der Waals surface area (Å²) in [6.45, 7) is 4.71. The monoisotopic (exact) mass is 392 g/mol. The second-order valence-corrected chi connectivity index (χ2v) is 7.12. The molecule has 29 heavy (non-hydrogen) atoms. The molecule has 0 spiro atoms. The molecule has 154 valence electrons. The molecule has 2 aromatic rings. The Balaban J connectivity index is 1.91. The first-order chi connectivity index (χ1) is 14.1. The van der Waals surface area contributed by atoms with Crippen molar-refractivity contribution in [2.45, 2.75) is 52.4 Å². The molecule has 3 heteroatoms. The van der Waals surface area contributed by atoms with Crippen molar-refractivity contribution < 1.29 is 14.6 Å². The number of carbonyl (C=O) groups excluding carboxylic acids is 1. The van der Waals surface area contributed by atoms with Gasteiger partial charge in [-0.1, -0.05) is 75.6 Å². The zero-order valence-electron chi connectivity index (χ0n) is 17.6. The summed E-state index contributed by atoms with van der Waals surface area (Å²) in [7, 11) is 0. The van der Waals surface area contributed by atoms with E-state index in [9.17, 15) is 9.90 Å². The Labute approximate surface area is 174 Å². The maximum Gasteiger partial charge on any atom is 0.189 e. The summed E-state index contributed by atoms with van der Waals surface area (Å²) in [5, 5.41) is 10.2. The Morgan fingerprint density at radius 3 is 2.48 bits per heavy atom. The minimum absolute atomic E-state index is 0.0703. The molecule has 0 unspecified atom stereocenters. The highest BCUT2D eigenvalue weighted by Crippen LogP contribution is 2.24. The molecule has 2 rings (SSSR count). The highest BCUT2D eigenvalue weighted by molar-refractivity contribution is 6.08. The molecule has 2 aromatic carbocycles. The Kier molecular flexibility index (Phi) is 9.77. The zero-order chi connectivity index (χ0) is 20.9. The molecule has 0 saturated carbocycles. The Morgan fingerprint density at radius 1 is 1.00 bits per heavy atom. The number of aromatic hydroxyl groups is 1. The molecular weight excluding hydrogens is 360 g/mol. The molecular formula is C26H32O3. The van der Waals surface area contributed by atoms with Crippen molar-refractivity contribution in [3.05, 3.63) is 77.4 Å². The third kappa shape index (κ3) is 7.98. The summed E-state index contributed by atoms with van der Waals surface area (Å²) < 4.78 is 5.53. The number of benzene rings is 2. The van der Waals surface area contributed by atoms with Crippen LogP contribution in [0.3, 0.4) is 0 Å². The normalized spacial score (nSPS) is 11.4. The van der Waals surface area contributed by atoms with E-state index in [0.29, 0.717) is 12.4 Å². The third-order valence-corrected chi connectivity index (χ3v) is 4.71. The Bertz CT molecular complexity index is 816. The number of ether oxygens (including phenoxy) is 1. The summed E-state index contributed by atoms with van der Waals surface area (Å²) in [6.07, 6.45) is 14.3. The van der Waals surface area contributed by atoms with Gasteiger partial charge in [0.05, 0.1) is 5.56 Å². The lowest BCUT2D eigenvalue weighted by Gasteiger charge is -2.06. The Morgan fingerprint density at radius 2 is 1.79 bits per heavy atom. The SMILES string of the molecule is CC/C=C/COc1ccc(C(=O)/C=C/c2ccc(CCCCCC)cc2)c(O)c1. The van der Waals surface area contributed by atoms with Gasteiger partial charge >= 0.3 is 0 Å². The van der Waals surface area contributed by atoms with Gasteiger partial charge in [0, 0.05) is 6.07 Å². The number of phenols is 1. The average Bonchev–Trinajstić information content (AvgIpc) is 2.73. The van der Waals surface area contributed by atoms with Crippen LogP contribution in [-0.2, 0) is 6.42 Å². The molecule has 0 aromatic heterocycles. The van der Waals surface area contributed by atoms with Gasteiger partial charge in [-0.05, 0) is 48.6 Å². The number of rotatable bonds is 12. The lowest BCUT2D eigenvalue weighted by molar-refractivity contribution is 0.104. The van der Waals surface area contributed by atoms with Crippen LogP contribution in [0.15, 0.2) is 60.7 Å². The summed E-state index contributed by atoms with van der Waals surface area (Å²) in [5.74, 6) is 0.237. The number of hydrogen-bond donors (Lipinski definition) is 1. The lowest BCUT2D eigenvalue weighted by atomic mass is 10.0. The van der Waals surface area contributed by atoms with Gasteiger partial charge in [0.2, 0.25) is 0 Å². The summed E-state index contributed by atoms with van der Waals surface area (Å²) in [4.78, 5) is 12.4. The van der Waals surface area contributed by atoms with Crippen molar-refractivity contribution in [2.24, 2.45) is 0 Å². The molecule has 0 amide bonds. The topological polar surface area (TPSA) is 46.5 Å². The predicted molar refractivity (Wildman–Crippen MR) is 121 cm³/mol. The van der Waals surface area contributed by atoms with Crippen molar-refractivity contribution in [3.8, 4) is 11.5 Å². The minimum atomic E-state index is -0.233. The number of ketones is 1. The van der Waals surface area contributed by atoms with E-state index in [-0.39, 0.29) is 17.1 Å². The van der Waals surface area contributed by atoms with E-state index in [1.165, 1.54) is 43.4 Å². The van der Waals surface area contributed by atoms with Crippen LogP contribution in [-0.4, -0.2) is 17.5 Å². The highest BCUT2D eigenvalue weighted by atomic mass is 16.5. The largest absolute Gasteiger partial charge is 0.507 e. The second-order valence-electron chi connectivity index (χ2n) is 7.12. The van der Waals surface area contributed by atoms with Gasteiger partial charge in [-0.2, -0.15) is 0 Å². The van der Waals surface area contributed by atoms with Gasteiger partial charge in [-0.3, -0.25) is 4.79 Å². The predicted octanol–water partition coefficient (Wildman–Crippen LogP) is 6.76. The van der Waals surface area contributed by atoms with Gasteiger partial charge in [0.1, 0.15) is 18.1 Å². The fourth-order valence-corrected chi connectivity index (χ4v) is 3.00. The van der Waals surface area contributed by atoms with Gasteiger partial charge in [0.25, 0.3) is 0 Å². The van der Waals surface area contributed by atoms with Crippen LogP contribution in [0, 0.1) is 0 Å². The van der Waals surface area contributed by atoms with E-state index in [2.05, 4.69) is 26.0 Å². The number of phenolic OH excluding ortho intramolecular Hbond substituents is 1. The molecule has 3 nitrogen and oxygen atoms in total. The number of carbonyl (C=O) groups is 1. The van der Waals surface area contributed by atoms with Crippen molar-refractivity contribution in [1.29, 1.82) is 0 Å². The fourth-order valence-electron chi connectivity index (χ4n) is 3.00. The maximum atomic E-state index is 12.4. The molecule has 0 atom stereocenters. The molecule has 0 saturated heterocycles. The van der Waals surface area contributed by atoms with Crippen molar-refractivity contribution in [2.75, 3.05) is 6.61 Å². The number of allylic oxidation sites excluding steroid dienone is 2. The van der Waals surface area contributed by atoms with Crippen molar-refractivity contribution in [1.82, 2.24) is 0 Å². The van der Waals surface area contributed by atoms with E-state index in [1.807, 2.05) is 24.3 Å². The van der Waals surface area contributed by atoms with Gasteiger partial charge in [0.15, 0.2) is 5.78 Å². The van der Waals surface area contributed by atoms with Crippen LogP contribution in [0.4, 0.5) is 0 Å². The highest BCUT2D eigenvalue weighted by Gasteiger charge is 2.09. The van der Waals surface area contributed by atoms with E-state index >= 15 is 0 Å². The van der Waals surface area contributed by atoms with Crippen molar-refractivity contribution >= 4 is 11.9 Å². The number of hydrogen-bond acceptors (Lipinski definition) is 3. The van der Waals surface area contributed by atoms with Crippen LogP contribution in [0.1, 0.15) is 67.4 Å². The minimum Gasteiger partial charge on any atom is -0.507 e. The van der Waals surface area contributed by atoms with Crippen LogP contribution < -0.4 is 4.74 Å². The number of aryl methyl sites for hydroxylation is 1. The molecule has 0 heterocycles. The van der Waals surface area contributed by atoms with E-state index in [4.69, 9.17) is 4.74 Å². The summed E-state index contributed by atoms with van der Waals surface area (Å²) in [5.41, 5.74) is 2.56. The van der Waals surface area contributed by atoms with Gasteiger partial charge in [-0.15, -0.1) is 0 Å². The van der Waals surface area contributed by atoms with Gasteiger partial charge < -0.3 is 9.84 Å². The van der Waals surface area contributed by atoms with Crippen LogP contribution in [0.25, 0.3) is 6.08 Å². The molecule has 0 fully saturated rings. The quantitative estimate of drug-likeness (QED) is 0.188. The standard InChI is InChI=1S/C26H32O3/c1-3-5-7-8-10-21-11-13-22(14-12-21)15-18-25(27)24-17-16-23(20-26(24)28)29-19-9-6-4-2/h6,9,11-18,20,28H,3-5,7-8,10,19H2,1-2H3/b9-6+,18-15+. The molecule has 0 radical (unpaired) electrons. The summed E-state index contributed by atoms with van der Waals surface area (Å²) >= 11 is 0. The van der Waals surface area contributed by atoms with Crippen LogP contribution >= 0.6 is 0 Å². The average molecular weight is 393 g/mol. The van der Waals surface area contributed by atoms with E-state index in [1.54, 1.807) is 18.2 Å². The molecule has 0 aliphatic heterocycles. The molecule has 1 N–H and O–H groups in total. The van der Waals surface area contributed by atoms with Crippen LogP contribution in [0.5, 0.6) is 11.5 Å². The van der Waals surface area contributed by atoms with Crippen LogP contribution in [0.2, 0.25) is 0 Å². The fraction of sp³-hybridized carbons (Fsp3) is 0.346. The second kappa shape index (κ2) is 12.6. The molecule has 0 aliphatic rings. The van der Waals surface area contributed by atoms with E-state index in [0.717, 1.165) is 18.4 Å². The molecule has 0 aliphatic carbocycles. The first-order valence-electron chi connectivity index (χ1n) is 10.6. The van der Waals surface area contributed by atoms with Gasteiger partial charge in [-0.25, -0.2) is 0 Å². The molecule has 0 bridgehead atoms. The van der Waals surface area contributed by atoms with Crippen molar-refractivity contribution in [3.63, 3.8) is 0 Å². The smallest absolute Gasteiger partial charge is 0.189 e. The maximum absolute atomic E-state index is 12.4. The summed E-state index contributed by atoms with van der Waals surface area (Å²) in [6, 6.07) is 13.1. The first-order valence-corrected chi connectivity index (χ1v) is 10.6. The zero-order valence-corrected chi connectivity index (χ0v) is 17.6. The third-order valence-electron chi connectivity index (χ3n) is 4.71. The number of unbranched alkanes of at least 4 members (excludes halogenated alkanes) is 3. The lowest BCUT2D eigenvalue weighted by Crippen LogP contribution is -1.97.